The molecular formula is C17H20ClNO4. The molecule has 0 radical (unpaired) electrons. The molecule has 1 amide bonds. The summed E-state index contributed by atoms with van der Waals surface area (Å²) in [6.07, 6.45) is 0. The lowest BCUT2D eigenvalue weighted by Crippen LogP contribution is -2.25. The van der Waals surface area contributed by atoms with Crippen LogP contribution < -0.4 is 9.47 Å². The quantitative estimate of drug-likeness (QED) is 0.723. The first kappa shape index (κ1) is 17.2. The number of hydrogen-bond donors (Lipinski definition) is 0. The van der Waals surface area contributed by atoms with Crippen LogP contribution in [0.5, 0.6) is 11.5 Å². The number of carbonyl (C=O) groups is 1. The number of halogens is 1. The van der Waals surface area contributed by atoms with Gasteiger partial charge in [-0.15, -0.1) is 11.6 Å². The largest absolute Gasteiger partial charge is 0.493 e. The van der Waals surface area contributed by atoms with E-state index in [9.17, 15) is 4.79 Å². The third-order valence-electron chi connectivity index (χ3n) is 3.30. The maximum Gasteiger partial charge on any atom is 0.289 e. The van der Waals surface area contributed by atoms with Crippen LogP contribution in [0.25, 0.3) is 0 Å². The first-order valence-electron chi connectivity index (χ1n) is 7.28. The predicted octanol–water partition coefficient (Wildman–Crippen LogP) is 3.70. The van der Waals surface area contributed by atoms with Crippen molar-refractivity contribution in [3.63, 3.8) is 0 Å². The first-order valence-corrected chi connectivity index (χ1v) is 7.82. The van der Waals surface area contributed by atoms with Crippen molar-refractivity contribution in [1.29, 1.82) is 0 Å². The molecule has 2 aromatic rings. The molecule has 0 aliphatic heterocycles. The van der Waals surface area contributed by atoms with Crippen LogP contribution in [-0.2, 0) is 12.4 Å². The fourth-order valence-electron chi connectivity index (χ4n) is 2.18. The van der Waals surface area contributed by atoms with E-state index in [1.807, 2.05) is 25.1 Å². The van der Waals surface area contributed by atoms with E-state index >= 15 is 0 Å². The molecule has 124 valence electrons. The fourth-order valence-corrected chi connectivity index (χ4v) is 2.33. The zero-order chi connectivity index (χ0) is 16.8. The van der Waals surface area contributed by atoms with Gasteiger partial charge in [0, 0.05) is 13.6 Å². The summed E-state index contributed by atoms with van der Waals surface area (Å²) in [7, 11) is 3.31. The van der Waals surface area contributed by atoms with Crippen molar-refractivity contribution in [2.45, 2.75) is 19.3 Å². The lowest BCUT2D eigenvalue weighted by molar-refractivity contribution is 0.0752. The molecular weight excluding hydrogens is 318 g/mol. The van der Waals surface area contributed by atoms with Crippen LogP contribution in [0, 0.1) is 0 Å². The summed E-state index contributed by atoms with van der Waals surface area (Å²) in [5.41, 5.74) is 0.935. The van der Waals surface area contributed by atoms with Crippen LogP contribution in [0.15, 0.2) is 34.7 Å². The summed E-state index contributed by atoms with van der Waals surface area (Å²) < 4.78 is 16.2. The standard InChI is InChI=1S/C17H20ClNO4/c1-4-22-14-7-5-12(9-16(14)21-3)11-19(2)17(20)15-8-6-13(10-18)23-15/h5-9H,4,10-11H2,1-3H3. The Balaban J connectivity index is 2.09. The van der Waals surface area contributed by atoms with Gasteiger partial charge in [0.1, 0.15) is 5.76 Å². The minimum absolute atomic E-state index is 0.200. The summed E-state index contributed by atoms with van der Waals surface area (Å²) in [5.74, 6) is 2.23. The molecule has 0 aliphatic rings. The number of nitrogens with zero attached hydrogens (tertiary/aromatic N) is 1. The second-order valence-electron chi connectivity index (χ2n) is 4.98. The molecule has 5 nitrogen and oxygen atoms in total. The van der Waals surface area contributed by atoms with Crippen molar-refractivity contribution in [2.24, 2.45) is 0 Å². The lowest BCUT2D eigenvalue weighted by Gasteiger charge is -2.17. The summed E-state index contributed by atoms with van der Waals surface area (Å²) in [6.45, 7) is 2.91. The summed E-state index contributed by atoms with van der Waals surface area (Å²) in [5, 5.41) is 0. The van der Waals surface area contributed by atoms with Gasteiger partial charge in [-0.25, -0.2) is 0 Å². The van der Waals surface area contributed by atoms with E-state index in [2.05, 4.69) is 0 Å². The number of methoxy groups -OCH3 is 1. The zero-order valence-corrected chi connectivity index (χ0v) is 14.2. The Labute approximate surface area is 140 Å². The van der Waals surface area contributed by atoms with Crippen molar-refractivity contribution in [3.05, 3.63) is 47.4 Å². The molecule has 0 spiro atoms. The highest BCUT2D eigenvalue weighted by Gasteiger charge is 2.17. The lowest BCUT2D eigenvalue weighted by atomic mass is 10.2. The van der Waals surface area contributed by atoms with Crippen LogP contribution in [-0.4, -0.2) is 31.6 Å². The smallest absolute Gasteiger partial charge is 0.289 e. The first-order chi connectivity index (χ1) is 11.1. The van der Waals surface area contributed by atoms with Gasteiger partial charge in [0.15, 0.2) is 17.3 Å². The molecule has 0 saturated carbocycles. The van der Waals surface area contributed by atoms with Gasteiger partial charge in [0.05, 0.1) is 19.6 Å². The molecule has 1 aromatic carbocycles. The number of hydrogen-bond acceptors (Lipinski definition) is 4. The van der Waals surface area contributed by atoms with Gasteiger partial charge in [-0.3, -0.25) is 4.79 Å². The van der Waals surface area contributed by atoms with Gasteiger partial charge in [-0.05, 0) is 36.8 Å². The Morgan fingerprint density at radius 2 is 2.04 bits per heavy atom. The highest BCUT2D eigenvalue weighted by molar-refractivity contribution is 6.16. The van der Waals surface area contributed by atoms with Crippen molar-refractivity contribution >= 4 is 17.5 Å². The molecule has 1 aromatic heterocycles. The number of furan rings is 1. The minimum Gasteiger partial charge on any atom is -0.493 e. The Morgan fingerprint density at radius 3 is 2.65 bits per heavy atom. The third-order valence-corrected chi connectivity index (χ3v) is 3.56. The Bertz CT molecular complexity index is 668. The van der Waals surface area contributed by atoms with Gasteiger partial charge in [0.2, 0.25) is 0 Å². The minimum atomic E-state index is -0.200. The van der Waals surface area contributed by atoms with Crippen LogP contribution in [0.4, 0.5) is 0 Å². The molecule has 23 heavy (non-hydrogen) atoms. The van der Waals surface area contributed by atoms with E-state index in [0.717, 1.165) is 5.56 Å². The Kier molecular flexibility index (Phi) is 5.93. The van der Waals surface area contributed by atoms with Gasteiger partial charge in [-0.1, -0.05) is 6.07 Å². The molecule has 0 saturated heterocycles. The van der Waals surface area contributed by atoms with E-state index < -0.39 is 0 Å². The number of alkyl halides is 1. The summed E-state index contributed by atoms with van der Waals surface area (Å²) in [6, 6.07) is 8.95. The van der Waals surface area contributed by atoms with E-state index in [1.54, 1.807) is 31.2 Å². The second kappa shape index (κ2) is 7.92. The molecule has 0 atom stereocenters. The molecule has 0 fully saturated rings. The maximum atomic E-state index is 12.3. The van der Waals surface area contributed by atoms with Crippen molar-refractivity contribution in [3.8, 4) is 11.5 Å². The van der Waals surface area contributed by atoms with E-state index in [0.29, 0.717) is 30.4 Å². The maximum absolute atomic E-state index is 12.3. The van der Waals surface area contributed by atoms with Gasteiger partial charge < -0.3 is 18.8 Å². The highest BCUT2D eigenvalue weighted by Crippen LogP contribution is 2.28. The fraction of sp³-hybridized carbons (Fsp3) is 0.353. The number of rotatable bonds is 7. The molecule has 0 aliphatic carbocycles. The average Bonchev–Trinajstić information content (AvgIpc) is 3.04. The average molecular weight is 338 g/mol. The van der Waals surface area contributed by atoms with Gasteiger partial charge in [-0.2, -0.15) is 0 Å². The Morgan fingerprint density at radius 1 is 1.26 bits per heavy atom. The van der Waals surface area contributed by atoms with Crippen molar-refractivity contribution in [1.82, 2.24) is 4.90 Å². The Hall–Kier alpha value is -2.14. The van der Waals surface area contributed by atoms with Gasteiger partial charge in [0.25, 0.3) is 5.91 Å². The number of ether oxygens (including phenoxy) is 2. The summed E-state index contributed by atoms with van der Waals surface area (Å²) >= 11 is 5.68. The SMILES string of the molecule is CCOc1ccc(CN(C)C(=O)c2ccc(CCl)o2)cc1OC. The molecule has 1 heterocycles. The number of carbonyl (C=O) groups excluding carboxylic acids is 1. The summed E-state index contributed by atoms with van der Waals surface area (Å²) in [4.78, 5) is 13.9. The zero-order valence-electron chi connectivity index (χ0n) is 13.5. The van der Waals surface area contributed by atoms with Crippen LogP contribution >= 0.6 is 11.6 Å². The highest BCUT2D eigenvalue weighted by atomic mass is 35.5. The molecule has 0 unspecified atom stereocenters. The second-order valence-corrected chi connectivity index (χ2v) is 5.25. The van der Waals surface area contributed by atoms with Crippen molar-refractivity contribution in [2.75, 3.05) is 20.8 Å². The van der Waals surface area contributed by atoms with E-state index in [1.165, 1.54) is 0 Å². The van der Waals surface area contributed by atoms with Crippen molar-refractivity contribution < 1.29 is 18.7 Å². The number of amides is 1. The third kappa shape index (κ3) is 4.20. The van der Waals surface area contributed by atoms with Crippen LogP contribution in [0.1, 0.15) is 28.8 Å². The number of benzene rings is 1. The topological polar surface area (TPSA) is 51.9 Å². The molecule has 0 N–H and O–H groups in total. The predicted molar refractivity (Wildman–Crippen MR) is 88.2 cm³/mol. The van der Waals surface area contributed by atoms with Gasteiger partial charge >= 0.3 is 0 Å². The normalized spacial score (nSPS) is 10.4. The molecule has 2 rings (SSSR count). The van der Waals surface area contributed by atoms with Crippen LogP contribution in [0.3, 0.4) is 0 Å². The molecule has 0 bridgehead atoms. The van der Waals surface area contributed by atoms with Crippen LogP contribution in [0.2, 0.25) is 0 Å². The van der Waals surface area contributed by atoms with E-state index in [4.69, 9.17) is 25.5 Å². The van der Waals surface area contributed by atoms with E-state index in [-0.39, 0.29) is 17.5 Å². The monoisotopic (exact) mass is 337 g/mol. The molecule has 6 heteroatoms.